The number of hydrogen-bond donors (Lipinski definition) is 0. The topological polar surface area (TPSA) is 27.7 Å². The van der Waals surface area contributed by atoms with Gasteiger partial charge in [0.2, 0.25) is 0 Å². The van der Waals surface area contributed by atoms with Crippen LogP contribution in [0.5, 0.6) is 0 Å². The van der Waals surface area contributed by atoms with Crippen LogP contribution in [0.2, 0.25) is 0 Å². The van der Waals surface area contributed by atoms with E-state index in [1.54, 1.807) is 0 Å². The van der Waals surface area contributed by atoms with E-state index in [0.29, 0.717) is 0 Å². The van der Waals surface area contributed by atoms with E-state index in [2.05, 4.69) is 42.9 Å². The third-order valence-corrected chi connectivity index (χ3v) is 2.55. The predicted octanol–water partition coefficient (Wildman–Crippen LogP) is 3.21. The third kappa shape index (κ3) is 6.19. The van der Waals surface area contributed by atoms with Crippen molar-refractivity contribution in [2.24, 2.45) is 0 Å². The van der Waals surface area contributed by atoms with Crippen LogP contribution in [0.4, 0.5) is 0 Å². The Morgan fingerprint density at radius 2 is 1.62 bits per heavy atom. The van der Waals surface area contributed by atoms with Crippen molar-refractivity contribution in [2.45, 2.75) is 52.5 Å². The monoisotopic (exact) mass is 218 g/mol. The van der Waals surface area contributed by atoms with Crippen molar-refractivity contribution in [3.05, 3.63) is 36.7 Å². The maximum absolute atomic E-state index is 6.25. The Balaban J connectivity index is 0.00000106. The Morgan fingerprint density at radius 1 is 1.06 bits per heavy atom. The van der Waals surface area contributed by atoms with Crippen LogP contribution in [0.15, 0.2) is 24.5 Å². The van der Waals surface area contributed by atoms with Gasteiger partial charge in [0.05, 0.1) is 0 Å². The van der Waals surface area contributed by atoms with Crippen molar-refractivity contribution in [2.75, 3.05) is 0 Å². The number of hydrogen-bond acceptors (Lipinski definition) is 1. The molecule has 2 nitrogen and oxygen atoms in total. The fourth-order valence-corrected chi connectivity index (χ4v) is 1.53. The largest absolute Gasteiger partial charge is 0.512 e. The lowest BCUT2D eigenvalue weighted by molar-refractivity contribution is -0.697. The summed E-state index contributed by atoms with van der Waals surface area (Å²) in [5, 5.41) is 6.25. The summed E-state index contributed by atoms with van der Waals surface area (Å²) < 4.78 is 2.28. The molecule has 1 aromatic rings. The van der Waals surface area contributed by atoms with E-state index in [1.807, 2.05) is 0 Å². The SMILES string of the molecule is CCCCc1cc[n+](CCCC)cc1.[C-]#N. The molecule has 0 spiro atoms. The Kier molecular flexibility index (Phi) is 9.30. The molecule has 1 rings (SSSR count). The zero-order chi connectivity index (χ0) is 12.2. The van der Waals surface area contributed by atoms with Crippen molar-refractivity contribution < 1.29 is 4.57 Å². The van der Waals surface area contributed by atoms with Crippen LogP contribution in [0.3, 0.4) is 0 Å². The summed E-state index contributed by atoms with van der Waals surface area (Å²) in [6, 6.07) is 4.51. The molecule has 0 saturated heterocycles. The van der Waals surface area contributed by atoms with Crippen LogP contribution in [-0.4, -0.2) is 0 Å². The summed E-state index contributed by atoms with van der Waals surface area (Å²) >= 11 is 0. The van der Waals surface area contributed by atoms with E-state index in [9.17, 15) is 0 Å². The molecule has 0 amide bonds. The lowest BCUT2D eigenvalue weighted by atomic mass is 10.1. The highest BCUT2D eigenvalue weighted by molar-refractivity contribution is 5.06. The van der Waals surface area contributed by atoms with Gasteiger partial charge in [0.25, 0.3) is 0 Å². The van der Waals surface area contributed by atoms with Gasteiger partial charge in [-0.15, -0.1) is 0 Å². The molecular formula is C14H22N2. The second-order valence-electron chi connectivity index (χ2n) is 3.90. The molecule has 0 N–H and O–H groups in total. The molecule has 1 heterocycles. The van der Waals surface area contributed by atoms with Gasteiger partial charge in [-0.2, -0.15) is 0 Å². The van der Waals surface area contributed by atoms with E-state index >= 15 is 0 Å². The molecule has 0 unspecified atom stereocenters. The van der Waals surface area contributed by atoms with Gasteiger partial charge in [0, 0.05) is 18.6 Å². The second kappa shape index (κ2) is 10.2. The van der Waals surface area contributed by atoms with Crippen LogP contribution in [0.25, 0.3) is 0 Å². The van der Waals surface area contributed by atoms with Crippen molar-refractivity contribution in [3.8, 4) is 0 Å². The molecule has 0 aliphatic rings. The Morgan fingerprint density at radius 3 is 2.12 bits per heavy atom. The summed E-state index contributed by atoms with van der Waals surface area (Å²) in [6.07, 6.45) is 10.8. The molecule has 1 aromatic heterocycles. The zero-order valence-electron chi connectivity index (χ0n) is 10.4. The normalized spacial score (nSPS) is 9.25. The average Bonchev–Trinajstić information content (AvgIpc) is 2.37. The number of rotatable bonds is 6. The third-order valence-electron chi connectivity index (χ3n) is 2.55. The standard InChI is InChI=1S/C13H22N.CN/c1-3-5-7-13-8-11-14(12-9-13)10-6-4-2;1-2/h8-9,11-12H,3-7,10H2,1-2H3;/q+1;-1. The molecule has 0 bridgehead atoms. The van der Waals surface area contributed by atoms with Crippen LogP contribution in [-0.2, 0) is 13.0 Å². The maximum atomic E-state index is 6.25. The van der Waals surface area contributed by atoms with Gasteiger partial charge in [-0.25, -0.2) is 4.57 Å². The van der Waals surface area contributed by atoms with Gasteiger partial charge < -0.3 is 11.8 Å². The van der Waals surface area contributed by atoms with E-state index in [1.165, 1.54) is 37.7 Å². The number of nitrogens with zero attached hydrogens (tertiary/aromatic N) is 2. The fourth-order valence-electron chi connectivity index (χ4n) is 1.53. The number of aryl methyl sites for hydroxylation is 2. The molecule has 0 saturated carbocycles. The summed E-state index contributed by atoms with van der Waals surface area (Å²) in [4.78, 5) is 0. The summed E-state index contributed by atoms with van der Waals surface area (Å²) in [5.41, 5.74) is 1.47. The predicted molar refractivity (Wildman–Crippen MR) is 65.1 cm³/mol. The number of aromatic nitrogens is 1. The van der Waals surface area contributed by atoms with E-state index in [-0.39, 0.29) is 0 Å². The molecular weight excluding hydrogens is 196 g/mol. The minimum absolute atomic E-state index is 1.16. The van der Waals surface area contributed by atoms with Crippen LogP contribution < -0.4 is 4.57 Å². The molecule has 16 heavy (non-hydrogen) atoms. The van der Waals surface area contributed by atoms with Gasteiger partial charge in [-0.05, 0) is 18.4 Å². The molecule has 0 aliphatic carbocycles. The maximum Gasteiger partial charge on any atom is 0.169 e. The molecule has 0 aliphatic heterocycles. The van der Waals surface area contributed by atoms with Crippen molar-refractivity contribution in [1.29, 1.82) is 5.26 Å². The molecule has 0 aromatic carbocycles. The average molecular weight is 218 g/mol. The van der Waals surface area contributed by atoms with Gasteiger partial charge in [0.1, 0.15) is 6.54 Å². The lowest BCUT2D eigenvalue weighted by Crippen LogP contribution is -2.32. The highest BCUT2D eigenvalue weighted by Crippen LogP contribution is 2.02. The summed E-state index contributed by atoms with van der Waals surface area (Å²) in [6.45, 7) is 10.4. The van der Waals surface area contributed by atoms with E-state index in [4.69, 9.17) is 11.8 Å². The highest BCUT2D eigenvalue weighted by Gasteiger charge is 1.99. The molecule has 88 valence electrons. The first-order valence-corrected chi connectivity index (χ1v) is 6.07. The van der Waals surface area contributed by atoms with Gasteiger partial charge in [0.15, 0.2) is 12.4 Å². The van der Waals surface area contributed by atoms with Crippen LogP contribution in [0.1, 0.15) is 45.1 Å². The summed E-state index contributed by atoms with van der Waals surface area (Å²) in [7, 11) is 0. The van der Waals surface area contributed by atoms with E-state index in [0.717, 1.165) is 6.54 Å². The molecule has 2 heteroatoms. The number of unbranched alkanes of at least 4 members (excludes halogenated alkanes) is 2. The first-order chi connectivity index (χ1) is 7.86. The first-order valence-electron chi connectivity index (χ1n) is 6.07. The Labute approximate surface area is 99.5 Å². The summed E-state index contributed by atoms with van der Waals surface area (Å²) in [5.74, 6) is 0. The molecule has 0 fully saturated rings. The van der Waals surface area contributed by atoms with E-state index < -0.39 is 0 Å². The minimum Gasteiger partial charge on any atom is -0.512 e. The Bertz CT molecular complexity index is 248. The quantitative estimate of drug-likeness (QED) is 0.532. The van der Waals surface area contributed by atoms with Crippen LogP contribution >= 0.6 is 0 Å². The second-order valence-corrected chi connectivity index (χ2v) is 3.90. The molecule has 0 radical (unpaired) electrons. The highest BCUT2D eigenvalue weighted by atomic mass is 14.9. The van der Waals surface area contributed by atoms with Crippen LogP contribution in [0, 0.1) is 11.8 Å². The van der Waals surface area contributed by atoms with Gasteiger partial charge in [-0.1, -0.05) is 26.7 Å². The fraction of sp³-hybridized carbons (Fsp3) is 0.571. The number of pyridine rings is 1. The van der Waals surface area contributed by atoms with Crippen molar-refractivity contribution in [1.82, 2.24) is 0 Å². The van der Waals surface area contributed by atoms with Crippen molar-refractivity contribution in [3.63, 3.8) is 0 Å². The molecule has 0 atom stereocenters. The van der Waals surface area contributed by atoms with Gasteiger partial charge in [-0.3, -0.25) is 0 Å². The minimum atomic E-state index is 1.16. The Hall–Kier alpha value is -1.36. The zero-order valence-corrected chi connectivity index (χ0v) is 10.4. The van der Waals surface area contributed by atoms with Gasteiger partial charge >= 0.3 is 0 Å². The first kappa shape index (κ1) is 14.6. The smallest absolute Gasteiger partial charge is 0.169 e. The van der Waals surface area contributed by atoms with Crippen molar-refractivity contribution >= 4 is 0 Å². The lowest BCUT2D eigenvalue weighted by Gasteiger charge is -1.99.